The minimum Gasteiger partial charge on any atom is -0.496 e. The Morgan fingerprint density at radius 2 is 1.46 bits per heavy atom. The first-order chi connectivity index (χ1) is 21.8. The molecular weight excluding hydrogens is 618 g/mol. The zero-order chi connectivity index (χ0) is 33.8. The molecule has 7 nitrogen and oxygen atoms in total. The fraction of sp³-hybridized carbons (Fsp3) is 0.455. The van der Waals surface area contributed by atoms with Gasteiger partial charge in [-0.1, -0.05) is 72.8 Å². The monoisotopic (exact) mass is 658 g/mol. The van der Waals surface area contributed by atoms with Crippen molar-refractivity contribution in [2.75, 3.05) is 34.2 Å². The summed E-state index contributed by atoms with van der Waals surface area (Å²) in [4.78, 5) is 0. The second-order valence-corrected chi connectivity index (χ2v) is 10.8. The lowest BCUT2D eigenvalue weighted by Gasteiger charge is -2.33. The van der Waals surface area contributed by atoms with Gasteiger partial charge in [-0.05, 0) is 36.5 Å². The number of ether oxygens (including phenoxy) is 4. The molecule has 3 aromatic carbocycles. The molecule has 254 valence electrons. The molecule has 13 heteroatoms. The summed E-state index contributed by atoms with van der Waals surface area (Å²) >= 11 is 0. The van der Waals surface area contributed by atoms with Gasteiger partial charge in [-0.25, -0.2) is 0 Å². The Balaban J connectivity index is 1.89. The first kappa shape index (κ1) is 37.3. The number of hydrogen-bond donors (Lipinski definition) is 3. The van der Waals surface area contributed by atoms with Crippen molar-refractivity contribution in [1.29, 1.82) is 0 Å². The maximum atomic E-state index is 13.5. The molecule has 3 aromatic rings. The molecule has 3 unspecified atom stereocenters. The van der Waals surface area contributed by atoms with Gasteiger partial charge in [0.2, 0.25) is 0 Å². The summed E-state index contributed by atoms with van der Waals surface area (Å²) in [5.41, 5.74) is 2.16. The molecule has 0 heterocycles. The number of rotatable bonds is 18. The van der Waals surface area contributed by atoms with Gasteiger partial charge in [0.15, 0.2) is 0 Å². The normalized spacial score (nSPS) is 14.6. The Bertz CT molecular complexity index is 1300. The van der Waals surface area contributed by atoms with Crippen LogP contribution in [0.2, 0.25) is 0 Å². The van der Waals surface area contributed by atoms with Crippen LogP contribution in [0.25, 0.3) is 0 Å². The Morgan fingerprint density at radius 1 is 0.826 bits per heavy atom. The van der Waals surface area contributed by atoms with E-state index in [1.54, 1.807) is 7.11 Å². The molecule has 0 aliphatic carbocycles. The van der Waals surface area contributed by atoms with Crippen LogP contribution in [-0.4, -0.2) is 63.8 Å². The second-order valence-electron chi connectivity index (χ2n) is 10.8. The maximum absolute atomic E-state index is 13.5. The van der Waals surface area contributed by atoms with Gasteiger partial charge in [0.1, 0.15) is 18.6 Å². The van der Waals surface area contributed by atoms with Crippen LogP contribution in [0, 0.1) is 0 Å². The average molecular weight is 659 g/mol. The Morgan fingerprint density at radius 3 is 2.04 bits per heavy atom. The van der Waals surface area contributed by atoms with Crippen molar-refractivity contribution in [1.82, 2.24) is 5.32 Å². The topological polar surface area (TPSA) is 95.2 Å². The SMILES string of the molecule is COCCOCOC(c1ccccc1)C(CCC(N)Cc1ccccc1)NCc1ccc(C(O)(C(F)(F)F)C(F)(F)F)cc1OC. The molecule has 0 aliphatic heterocycles. The molecule has 3 atom stereocenters. The standard InChI is InChI=1S/C33H40F6N2O5/c1-43-17-18-45-22-46-30(24-11-7-4-8-12-24)28(16-15-27(40)19-23-9-5-3-6-10-23)41-21-25-13-14-26(20-29(25)44-2)31(42,32(34,35)36)33(37,38)39/h3-14,20,27-28,30,41-42H,15-19,21-22,40H2,1-2H3. The largest absolute Gasteiger partial charge is 0.496 e. The molecule has 46 heavy (non-hydrogen) atoms. The highest BCUT2D eigenvalue weighted by atomic mass is 19.4. The van der Waals surface area contributed by atoms with Crippen LogP contribution in [0.15, 0.2) is 78.9 Å². The minimum absolute atomic E-state index is 0.0181. The van der Waals surface area contributed by atoms with Gasteiger partial charge in [-0.2, -0.15) is 26.3 Å². The quantitative estimate of drug-likeness (QED) is 0.0852. The van der Waals surface area contributed by atoms with E-state index in [0.29, 0.717) is 44.6 Å². The Hall–Kier alpha value is -3.20. The van der Waals surface area contributed by atoms with Crippen LogP contribution in [0.3, 0.4) is 0 Å². The molecule has 0 aliphatic rings. The lowest BCUT2D eigenvalue weighted by molar-refractivity contribution is -0.376. The molecule has 0 saturated heterocycles. The van der Waals surface area contributed by atoms with Gasteiger partial charge in [0.05, 0.1) is 20.3 Å². The van der Waals surface area contributed by atoms with E-state index in [0.717, 1.165) is 24.3 Å². The van der Waals surface area contributed by atoms with Crippen LogP contribution >= 0.6 is 0 Å². The fourth-order valence-electron chi connectivity index (χ4n) is 5.03. The van der Waals surface area contributed by atoms with Crippen molar-refractivity contribution in [2.24, 2.45) is 5.73 Å². The number of nitrogens with one attached hydrogen (secondary N) is 1. The molecule has 0 radical (unpaired) electrons. The van der Waals surface area contributed by atoms with Crippen LogP contribution in [-0.2, 0) is 32.8 Å². The number of alkyl halides is 6. The third kappa shape index (κ3) is 9.90. The van der Waals surface area contributed by atoms with Crippen molar-refractivity contribution in [3.63, 3.8) is 0 Å². The summed E-state index contributed by atoms with van der Waals surface area (Å²) in [6, 6.07) is 20.6. The molecule has 3 rings (SSSR count). The number of halogens is 6. The summed E-state index contributed by atoms with van der Waals surface area (Å²) < 4.78 is 103. The third-order valence-corrected chi connectivity index (χ3v) is 7.53. The van der Waals surface area contributed by atoms with E-state index in [2.05, 4.69) is 5.32 Å². The van der Waals surface area contributed by atoms with E-state index in [1.807, 2.05) is 60.7 Å². The van der Waals surface area contributed by atoms with Crippen molar-refractivity contribution >= 4 is 0 Å². The summed E-state index contributed by atoms with van der Waals surface area (Å²) in [5.74, 6) is -0.267. The van der Waals surface area contributed by atoms with Gasteiger partial charge in [0.25, 0.3) is 5.60 Å². The predicted octanol–water partition coefficient (Wildman–Crippen LogP) is 6.19. The molecule has 0 aromatic heterocycles. The lowest BCUT2D eigenvalue weighted by atomic mass is 9.91. The minimum atomic E-state index is -6.02. The molecule has 4 N–H and O–H groups in total. The lowest BCUT2D eigenvalue weighted by Crippen LogP contribution is -2.53. The zero-order valence-corrected chi connectivity index (χ0v) is 25.6. The van der Waals surface area contributed by atoms with Crippen LogP contribution < -0.4 is 15.8 Å². The smallest absolute Gasteiger partial charge is 0.430 e. The second kappa shape index (κ2) is 17.1. The first-order valence-electron chi connectivity index (χ1n) is 14.6. The molecule has 0 bridgehead atoms. The molecule has 0 amide bonds. The molecule has 0 spiro atoms. The number of methoxy groups -OCH3 is 2. The predicted molar refractivity (Wildman–Crippen MR) is 160 cm³/mol. The number of hydrogen-bond acceptors (Lipinski definition) is 7. The number of aliphatic hydroxyl groups is 1. The van der Waals surface area contributed by atoms with E-state index in [9.17, 15) is 31.4 Å². The van der Waals surface area contributed by atoms with E-state index in [1.165, 1.54) is 0 Å². The highest BCUT2D eigenvalue weighted by Crippen LogP contribution is 2.50. The van der Waals surface area contributed by atoms with Gasteiger partial charge in [0, 0.05) is 36.9 Å². The highest BCUT2D eigenvalue weighted by molar-refractivity contribution is 5.41. The molecular formula is C33H40F6N2O5. The van der Waals surface area contributed by atoms with Crippen molar-refractivity contribution in [2.45, 2.75) is 61.9 Å². The number of benzene rings is 3. The Labute approximate surface area is 264 Å². The summed E-state index contributed by atoms with van der Waals surface area (Å²) in [6.45, 7) is 0.575. The number of nitrogens with two attached hydrogens (primary N) is 1. The van der Waals surface area contributed by atoms with Crippen LogP contribution in [0.5, 0.6) is 5.75 Å². The molecule has 0 fully saturated rings. The summed E-state index contributed by atoms with van der Waals surface area (Å²) in [7, 11) is 2.67. The summed E-state index contributed by atoms with van der Waals surface area (Å²) in [6.07, 6.45) is -10.9. The fourth-order valence-corrected chi connectivity index (χ4v) is 5.03. The maximum Gasteiger partial charge on any atom is 0.430 e. The van der Waals surface area contributed by atoms with Crippen molar-refractivity contribution < 1.29 is 50.4 Å². The van der Waals surface area contributed by atoms with Gasteiger partial charge < -0.3 is 35.1 Å². The van der Waals surface area contributed by atoms with E-state index in [-0.39, 0.29) is 30.7 Å². The third-order valence-electron chi connectivity index (χ3n) is 7.53. The van der Waals surface area contributed by atoms with Gasteiger partial charge in [-0.15, -0.1) is 0 Å². The van der Waals surface area contributed by atoms with Crippen molar-refractivity contribution in [3.8, 4) is 5.75 Å². The average Bonchev–Trinajstić information content (AvgIpc) is 3.02. The highest BCUT2D eigenvalue weighted by Gasteiger charge is 2.71. The van der Waals surface area contributed by atoms with E-state index in [4.69, 9.17) is 24.7 Å². The molecule has 0 saturated carbocycles. The summed E-state index contributed by atoms with van der Waals surface area (Å²) in [5, 5.41) is 13.2. The van der Waals surface area contributed by atoms with Gasteiger partial charge >= 0.3 is 12.4 Å². The van der Waals surface area contributed by atoms with Gasteiger partial charge in [-0.3, -0.25) is 0 Å². The zero-order valence-electron chi connectivity index (χ0n) is 25.6. The van der Waals surface area contributed by atoms with Crippen molar-refractivity contribution in [3.05, 3.63) is 101 Å². The van der Waals surface area contributed by atoms with E-state index < -0.39 is 35.7 Å². The van der Waals surface area contributed by atoms with Crippen LogP contribution in [0.1, 0.15) is 41.2 Å². The first-order valence-corrected chi connectivity index (χ1v) is 14.6. The van der Waals surface area contributed by atoms with Crippen LogP contribution in [0.4, 0.5) is 26.3 Å². The van der Waals surface area contributed by atoms with E-state index >= 15 is 0 Å². The Kier molecular flexibility index (Phi) is 13.8.